The summed E-state index contributed by atoms with van der Waals surface area (Å²) >= 11 is 0. The molecule has 0 aliphatic heterocycles. The van der Waals surface area contributed by atoms with E-state index in [1.807, 2.05) is 25.1 Å². The Kier molecular flexibility index (Phi) is 2.95. The molecular formula is C15H15N3O2. The zero-order chi connectivity index (χ0) is 14.1. The number of fused-ring (bicyclic) bond motifs is 1. The topological polar surface area (TPSA) is 81.2 Å². The van der Waals surface area contributed by atoms with Gasteiger partial charge in [-0.15, -0.1) is 0 Å². The lowest BCUT2D eigenvalue weighted by molar-refractivity contribution is 0.444. The van der Waals surface area contributed by atoms with E-state index in [0.717, 1.165) is 22.2 Å². The molecule has 4 N–H and O–H groups in total. The molecule has 1 unspecified atom stereocenters. The third-order valence-electron chi connectivity index (χ3n) is 3.30. The van der Waals surface area contributed by atoms with Crippen LogP contribution < -0.4 is 5.32 Å². The minimum Gasteiger partial charge on any atom is -0.508 e. The first-order valence-electron chi connectivity index (χ1n) is 6.35. The van der Waals surface area contributed by atoms with Gasteiger partial charge >= 0.3 is 0 Å². The third-order valence-corrected chi connectivity index (χ3v) is 3.30. The first-order valence-corrected chi connectivity index (χ1v) is 6.35. The highest BCUT2D eigenvalue weighted by Gasteiger charge is 2.11. The number of benzene rings is 2. The second-order valence-corrected chi connectivity index (χ2v) is 4.78. The zero-order valence-electron chi connectivity index (χ0n) is 11.0. The predicted octanol–water partition coefficient (Wildman–Crippen LogP) is 3.15. The Balaban J connectivity index is 1.85. The first kappa shape index (κ1) is 12.3. The molecular weight excluding hydrogens is 254 g/mol. The van der Waals surface area contributed by atoms with E-state index in [9.17, 15) is 10.2 Å². The molecule has 3 aromatic rings. The summed E-state index contributed by atoms with van der Waals surface area (Å²) in [6, 6.07) is 10.4. The van der Waals surface area contributed by atoms with Crippen molar-refractivity contribution >= 4 is 16.6 Å². The summed E-state index contributed by atoms with van der Waals surface area (Å²) in [6.45, 7) is 1.95. The standard InChI is InChI=1S/C15H15N3O2/c1-9(13-4-3-12(19)7-15(13)20)17-11-2-5-14-10(6-11)8-16-18-14/h2-9,17,19-20H,1H3,(H,16,18). The molecule has 5 heteroatoms. The average Bonchev–Trinajstić information content (AvgIpc) is 2.85. The average molecular weight is 269 g/mol. The van der Waals surface area contributed by atoms with E-state index in [-0.39, 0.29) is 17.5 Å². The number of phenols is 2. The maximum absolute atomic E-state index is 9.86. The van der Waals surface area contributed by atoms with Crippen LogP contribution in [-0.4, -0.2) is 20.4 Å². The first-order chi connectivity index (χ1) is 9.63. The SMILES string of the molecule is CC(Nc1ccc2[nH]ncc2c1)c1ccc(O)cc1O. The Morgan fingerprint density at radius 1 is 1.15 bits per heavy atom. The summed E-state index contributed by atoms with van der Waals surface area (Å²) in [4.78, 5) is 0. The van der Waals surface area contributed by atoms with Crippen LogP contribution in [0, 0.1) is 0 Å². The molecule has 3 rings (SSSR count). The molecule has 1 atom stereocenters. The molecule has 1 aromatic heterocycles. The Morgan fingerprint density at radius 3 is 2.80 bits per heavy atom. The van der Waals surface area contributed by atoms with Crippen LogP contribution in [0.4, 0.5) is 5.69 Å². The molecule has 0 bridgehead atoms. The van der Waals surface area contributed by atoms with Crippen LogP contribution >= 0.6 is 0 Å². The Hall–Kier alpha value is -2.69. The van der Waals surface area contributed by atoms with Gasteiger partial charge in [0.15, 0.2) is 0 Å². The molecule has 2 aromatic carbocycles. The molecule has 0 amide bonds. The van der Waals surface area contributed by atoms with Crippen molar-refractivity contribution < 1.29 is 10.2 Å². The van der Waals surface area contributed by atoms with Gasteiger partial charge in [0.1, 0.15) is 11.5 Å². The number of hydrogen-bond acceptors (Lipinski definition) is 4. The second-order valence-electron chi connectivity index (χ2n) is 4.78. The summed E-state index contributed by atoms with van der Waals surface area (Å²) in [7, 11) is 0. The second kappa shape index (κ2) is 4.77. The van der Waals surface area contributed by atoms with Crippen LogP contribution in [0.1, 0.15) is 18.5 Å². The number of aromatic amines is 1. The summed E-state index contributed by atoms with van der Waals surface area (Å²) < 4.78 is 0. The fraction of sp³-hybridized carbons (Fsp3) is 0.133. The number of anilines is 1. The monoisotopic (exact) mass is 269 g/mol. The number of nitrogens with one attached hydrogen (secondary N) is 2. The zero-order valence-corrected chi connectivity index (χ0v) is 11.0. The van der Waals surface area contributed by atoms with Gasteiger partial charge in [0, 0.05) is 22.7 Å². The van der Waals surface area contributed by atoms with Crippen molar-refractivity contribution in [3.8, 4) is 11.5 Å². The molecule has 0 saturated carbocycles. The minimum atomic E-state index is -0.0834. The van der Waals surface area contributed by atoms with Gasteiger partial charge in [-0.05, 0) is 37.3 Å². The van der Waals surface area contributed by atoms with Gasteiger partial charge in [0.05, 0.1) is 17.8 Å². The lowest BCUT2D eigenvalue weighted by Gasteiger charge is -2.17. The van der Waals surface area contributed by atoms with Gasteiger partial charge in [-0.1, -0.05) is 0 Å². The lowest BCUT2D eigenvalue weighted by atomic mass is 10.1. The van der Waals surface area contributed by atoms with Crippen molar-refractivity contribution in [2.75, 3.05) is 5.32 Å². The smallest absolute Gasteiger partial charge is 0.124 e. The lowest BCUT2D eigenvalue weighted by Crippen LogP contribution is -2.06. The normalized spacial score (nSPS) is 12.4. The molecule has 0 aliphatic rings. The fourth-order valence-electron chi connectivity index (χ4n) is 2.26. The van der Waals surface area contributed by atoms with Gasteiger partial charge < -0.3 is 15.5 Å². The fourth-order valence-corrected chi connectivity index (χ4v) is 2.26. The summed E-state index contributed by atoms with van der Waals surface area (Å²) in [5.41, 5.74) is 2.66. The van der Waals surface area contributed by atoms with Gasteiger partial charge in [-0.2, -0.15) is 5.10 Å². The maximum atomic E-state index is 9.86. The Labute approximate surface area is 115 Å². The molecule has 1 heterocycles. The van der Waals surface area contributed by atoms with E-state index in [2.05, 4.69) is 15.5 Å². The number of nitrogens with zero attached hydrogens (tertiary/aromatic N) is 1. The van der Waals surface area contributed by atoms with Crippen LogP contribution in [0.2, 0.25) is 0 Å². The highest BCUT2D eigenvalue weighted by atomic mass is 16.3. The molecule has 102 valence electrons. The molecule has 20 heavy (non-hydrogen) atoms. The van der Waals surface area contributed by atoms with Crippen LogP contribution in [0.3, 0.4) is 0 Å². The van der Waals surface area contributed by atoms with Gasteiger partial charge in [0.25, 0.3) is 0 Å². The van der Waals surface area contributed by atoms with E-state index in [4.69, 9.17) is 0 Å². The summed E-state index contributed by atoms with van der Waals surface area (Å²) in [5.74, 6) is 0.132. The van der Waals surface area contributed by atoms with Crippen molar-refractivity contribution in [2.45, 2.75) is 13.0 Å². The number of phenolic OH excluding ortho intramolecular Hbond substituents is 2. The van der Waals surface area contributed by atoms with E-state index in [1.165, 1.54) is 6.07 Å². The molecule has 0 saturated heterocycles. The molecule has 0 spiro atoms. The van der Waals surface area contributed by atoms with Crippen LogP contribution in [0.5, 0.6) is 11.5 Å². The number of aromatic nitrogens is 2. The van der Waals surface area contributed by atoms with Crippen molar-refractivity contribution in [1.82, 2.24) is 10.2 Å². The van der Waals surface area contributed by atoms with Crippen molar-refractivity contribution in [3.05, 3.63) is 48.2 Å². The van der Waals surface area contributed by atoms with Gasteiger partial charge in [-0.3, -0.25) is 5.10 Å². The molecule has 0 radical (unpaired) electrons. The Morgan fingerprint density at radius 2 is 2.00 bits per heavy atom. The largest absolute Gasteiger partial charge is 0.508 e. The molecule has 0 aliphatic carbocycles. The van der Waals surface area contributed by atoms with Crippen molar-refractivity contribution in [1.29, 1.82) is 0 Å². The number of aromatic hydroxyl groups is 2. The van der Waals surface area contributed by atoms with E-state index < -0.39 is 0 Å². The van der Waals surface area contributed by atoms with Gasteiger partial charge in [0.2, 0.25) is 0 Å². The van der Waals surface area contributed by atoms with Crippen LogP contribution in [0.15, 0.2) is 42.6 Å². The van der Waals surface area contributed by atoms with Crippen molar-refractivity contribution in [3.63, 3.8) is 0 Å². The van der Waals surface area contributed by atoms with E-state index in [0.29, 0.717) is 0 Å². The van der Waals surface area contributed by atoms with Gasteiger partial charge in [-0.25, -0.2) is 0 Å². The van der Waals surface area contributed by atoms with Crippen LogP contribution in [-0.2, 0) is 0 Å². The highest BCUT2D eigenvalue weighted by molar-refractivity contribution is 5.81. The number of rotatable bonds is 3. The third kappa shape index (κ3) is 2.25. The minimum absolute atomic E-state index is 0.0540. The number of hydrogen-bond donors (Lipinski definition) is 4. The maximum Gasteiger partial charge on any atom is 0.124 e. The van der Waals surface area contributed by atoms with E-state index >= 15 is 0 Å². The summed E-state index contributed by atoms with van der Waals surface area (Å²) in [6.07, 6.45) is 1.77. The van der Waals surface area contributed by atoms with Crippen LogP contribution in [0.25, 0.3) is 10.9 Å². The summed E-state index contributed by atoms with van der Waals surface area (Å²) in [5, 5.41) is 30.4. The highest BCUT2D eigenvalue weighted by Crippen LogP contribution is 2.30. The van der Waals surface area contributed by atoms with E-state index in [1.54, 1.807) is 18.3 Å². The predicted molar refractivity (Wildman–Crippen MR) is 77.9 cm³/mol. The number of H-pyrrole nitrogens is 1. The Bertz CT molecular complexity index is 752. The molecule has 5 nitrogen and oxygen atoms in total. The quantitative estimate of drug-likeness (QED) is 0.589. The molecule has 0 fully saturated rings. The van der Waals surface area contributed by atoms with Crippen molar-refractivity contribution in [2.24, 2.45) is 0 Å².